The third-order valence-corrected chi connectivity index (χ3v) is 5.63. The third-order valence-electron chi connectivity index (χ3n) is 5.63. The molecule has 3 aromatic heterocycles. The Morgan fingerprint density at radius 2 is 1.38 bits per heavy atom. The number of imidazole rings is 1. The number of aromatic carboxylic acids is 1. The lowest BCUT2D eigenvalue weighted by atomic mass is 10.1. The highest BCUT2D eigenvalue weighted by molar-refractivity contribution is 6.21. The number of nitrogens with zero attached hydrogens (tertiary/aromatic N) is 4. The minimum atomic E-state index is -0.956. The number of aromatic nitrogens is 4. The van der Waals surface area contributed by atoms with Gasteiger partial charge in [0.2, 0.25) is 0 Å². The first-order valence-electron chi connectivity index (χ1n) is 10.2. The van der Waals surface area contributed by atoms with Crippen molar-refractivity contribution < 1.29 is 9.90 Å². The Labute approximate surface area is 182 Å². The van der Waals surface area contributed by atoms with Gasteiger partial charge < -0.3 is 5.11 Å². The monoisotopic (exact) mass is 416 g/mol. The minimum absolute atomic E-state index is 0.237. The smallest absolute Gasteiger partial charge is 0.335 e. The number of hydrogen-bond donors (Lipinski definition) is 1. The highest BCUT2D eigenvalue weighted by Crippen LogP contribution is 2.37. The van der Waals surface area contributed by atoms with E-state index in [1.807, 2.05) is 54.6 Å². The predicted octanol–water partition coefficient (Wildman–Crippen LogP) is 5.49. The maximum absolute atomic E-state index is 11.3. The van der Waals surface area contributed by atoms with Crippen LogP contribution < -0.4 is 0 Å². The normalized spacial score (nSPS) is 11.4. The lowest BCUT2D eigenvalue weighted by Crippen LogP contribution is -1.99. The molecule has 0 spiro atoms. The number of para-hydroxylation sites is 1. The number of fused-ring (bicyclic) bond motifs is 6. The van der Waals surface area contributed by atoms with Gasteiger partial charge in [-0.3, -0.25) is 14.5 Å². The van der Waals surface area contributed by atoms with E-state index in [-0.39, 0.29) is 5.56 Å². The molecule has 0 aliphatic heterocycles. The summed E-state index contributed by atoms with van der Waals surface area (Å²) in [5, 5.41) is 11.2. The summed E-state index contributed by atoms with van der Waals surface area (Å²) in [6.07, 6.45) is 3.54. The zero-order valence-corrected chi connectivity index (χ0v) is 16.8. The van der Waals surface area contributed by atoms with Crippen LogP contribution >= 0.6 is 0 Å². The number of hydrogen-bond acceptors (Lipinski definition) is 4. The molecule has 6 heteroatoms. The molecular formula is C26H16N4O2. The van der Waals surface area contributed by atoms with Crippen LogP contribution in [0.25, 0.3) is 49.9 Å². The first kappa shape index (κ1) is 18.2. The van der Waals surface area contributed by atoms with Gasteiger partial charge in [-0.25, -0.2) is 9.78 Å². The number of pyridine rings is 2. The molecular weight excluding hydrogens is 400 g/mol. The third kappa shape index (κ3) is 2.66. The summed E-state index contributed by atoms with van der Waals surface area (Å²) in [6.45, 7) is 0. The van der Waals surface area contributed by atoms with Crippen molar-refractivity contribution in [3.05, 3.63) is 96.8 Å². The van der Waals surface area contributed by atoms with Crippen LogP contribution in [0.4, 0.5) is 0 Å². The van der Waals surface area contributed by atoms with Crippen LogP contribution in [-0.2, 0) is 0 Å². The van der Waals surface area contributed by atoms with E-state index in [0.29, 0.717) is 0 Å². The summed E-state index contributed by atoms with van der Waals surface area (Å²) in [6, 6.07) is 24.7. The van der Waals surface area contributed by atoms with Crippen molar-refractivity contribution >= 4 is 38.8 Å². The topological polar surface area (TPSA) is 80.9 Å². The van der Waals surface area contributed by atoms with Crippen molar-refractivity contribution in [1.29, 1.82) is 0 Å². The van der Waals surface area contributed by atoms with Gasteiger partial charge in [-0.2, -0.15) is 0 Å². The Morgan fingerprint density at radius 3 is 2.06 bits per heavy atom. The van der Waals surface area contributed by atoms with E-state index in [1.54, 1.807) is 36.7 Å². The maximum atomic E-state index is 11.3. The van der Waals surface area contributed by atoms with E-state index in [0.717, 1.165) is 49.9 Å². The lowest BCUT2D eigenvalue weighted by molar-refractivity contribution is 0.0697. The molecule has 152 valence electrons. The van der Waals surface area contributed by atoms with Crippen molar-refractivity contribution in [1.82, 2.24) is 19.5 Å². The van der Waals surface area contributed by atoms with E-state index in [2.05, 4.69) is 14.5 Å². The molecule has 32 heavy (non-hydrogen) atoms. The fraction of sp³-hybridized carbons (Fsp3) is 0. The Kier molecular flexibility index (Phi) is 3.98. The number of benzene rings is 3. The SMILES string of the molecule is O=C(O)c1ccc(-c2nc3c4cccnc4c4ncccc4c3n2-c2ccccc2)cc1. The maximum Gasteiger partial charge on any atom is 0.335 e. The lowest BCUT2D eigenvalue weighted by Gasteiger charge is -2.11. The second kappa shape index (κ2) is 6.99. The molecule has 6 nitrogen and oxygen atoms in total. The second-order valence-corrected chi connectivity index (χ2v) is 7.49. The molecule has 0 bridgehead atoms. The van der Waals surface area contributed by atoms with Crippen molar-refractivity contribution in [2.45, 2.75) is 0 Å². The van der Waals surface area contributed by atoms with Gasteiger partial charge in [-0.15, -0.1) is 0 Å². The average molecular weight is 416 g/mol. The number of carboxylic acid groups (broad SMARTS) is 1. The highest BCUT2D eigenvalue weighted by Gasteiger charge is 2.21. The molecule has 0 atom stereocenters. The highest BCUT2D eigenvalue weighted by atomic mass is 16.4. The quantitative estimate of drug-likeness (QED) is 0.386. The van der Waals surface area contributed by atoms with Gasteiger partial charge in [-0.05, 0) is 48.5 Å². The summed E-state index contributed by atoms with van der Waals surface area (Å²) in [5.41, 5.74) is 5.42. The molecule has 3 heterocycles. The van der Waals surface area contributed by atoms with Crippen LogP contribution in [-0.4, -0.2) is 30.6 Å². The van der Waals surface area contributed by atoms with Crippen molar-refractivity contribution in [2.75, 3.05) is 0 Å². The molecule has 0 saturated heterocycles. The standard InChI is InChI=1S/C26H16N4O2/c31-26(32)17-12-10-16(11-13-17)25-29-23-19-8-4-14-27-21(19)22-20(9-5-15-28-22)24(23)30(25)18-6-2-1-3-7-18/h1-15H,(H,31,32). The summed E-state index contributed by atoms with van der Waals surface area (Å²) in [5.74, 6) is -0.230. The molecule has 3 aromatic carbocycles. The molecule has 0 amide bonds. The van der Waals surface area contributed by atoms with Gasteiger partial charge in [0.1, 0.15) is 5.82 Å². The fourth-order valence-corrected chi connectivity index (χ4v) is 4.21. The van der Waals surface area contributed by atoms with Gasteiger partial charge in [0, 0.05) is 34.4 Å². The van der Waals surface area contributed by atoms with Gasteiger partial charge >= 0.3 is 5.97 Å². The van der Waals surface area contributed by atoms with Crippen LogP contribution in [0.1, 0.15) is 10.4 Å². The van der Waals surface area contributed by atoms with Crippen LogP contribution in [0, 0.1) is 0 Å². The molecule has 0 fully saturated rings. The Hall–Kier alpha value is -4.58. The summed E-state index contributed by atoms with van der Waals surface area (Å²) < 4.78 is 2.11. The van der Waals surface area contributed by atoms with Crippen LogP contribution in [0.5, 0.6) is 0 Å². The van der Waals surface area contributed by atoms with Crippen LogP contribution in [0.15, 0.2) is 91.3 Å². The molecule has 0 unspecified atom stereocenters. The van der Waals surface area contributed by atoms with Crippen molar-refractivity contribution in [3.63, 3.8) is 0 Å². The number of rotatable bonds is 3. The van der Waals surface area contributed by atoms with Gasteiger partial charge in [-0.1, -0.05) is 30.3 Å². The first-order valence-corrected chi connectivity index (χ1v) is 10.2. The zero-order chi connectivity index (χ0) is 21.7. The van der Waals surface area contributed by atoms with E-state index < -0.39 is 5.97 Å². The summed E-state index contributed by atoms with van der Waals surface area (Å²) in [7, 11) is 0. The molecule has 1 N–H and O–H groups in total. The molecule has 6 rings (SSSR count). The number of carboxylic acids is 1. The van der Waals surface area contributed by atoms with Crippen molar-refractivity contribution in [2.24, 2.45) is 0 Å². The zero-order valence-electron chi connectivity index (χ0n) is 16.8. The van der Waals surface area contributed by atoms with Gasteiger partial charge in [0.15, 0.2) is 0 Å². The molecule has 6 aromatic rings. The molecule has 0 radical (unpaired) electrons. The van der Waals surface area contributed by atoms with E-state index in [4.69, 9.17) is 4.98 Å². The predicted molar refractivity (Wildman–Crippen MR) is 124 cm³/mol. The average Bonchev–Trinajstić information content (AvgIpc) is 3.26. The van der Waals surface area contributed by atoms with E-state index in [1.165, 1.54) is 0 Å². The van der Waals surface area contributed by atoms with E-state index >= 15 is 0 Å². The minimum Gasteiger partial charge on any atom is -0.478 e. The van der Waals surface area contributed by atoms with Crippen LogP contribution in [0.3, 0.4) is 0 Å². The Bertz CT molecular complexity index is 1640. The first-order chi connectivity index (χ1) is 15.7. The Balaban J connectivity index is 1.80. The number of carbonyl (C=O) groups is 1. The Morgan fingerprint density at radius 1 is 0.719 bits per heavy atom. The van der Waals surface area contributed by atoms with Gasteiger partial charge in [0.25, 0.3) is 0 Å². The molecule has 0 aliphatic rings. The van der Waals surface area contributed by atoms with Gasteiger partial charge in [0.05, 0.1) is 27.6 Å². The van der Waals surface area contributed by atoms with E-state index in [9.17, 15) is 9.90 Å². The van der Waals surface area contributed by atoms with Crippen LogP contribution in [0.2, 0.25) is 0 Å². The van der Waals surface area contributed by atoms with Crippen molar-refractivity contribution in [3.8, 4) is 17.1 Å². The summed E-state index contributed by atoms with van der Waals surface area (Å²) >= 11 is 0. The largest absolute Gasteiger partial charge is 0.478 e. The molecule has 0 saturated carbocycles. The second-order valence-electron chi connectivity index (χ2n) is 7.49. The molecule has 0 aliphatic carbocycles. The summed E-state index contributed by atoms with van der Waals surface area (Å²) in [4.78, 5) is 25.6. The fourth-order valence-electron chi connectivity index (χ4n) is 4.21.